The van der Waals surface area contributed by atoms with Crippen LogP contribution in [-0.4, -0.2) is 50.9 Å². The minimum absolute atomic E-state index is 0.0307. The van der Waals surface area contributed by atoms with Crippen molar-refractivity contribution >= 4 is 66.7 Å². The van der Waals surface area contributed by atoms with Crippen molar-refractivity contribution in [2.75, 3.05) is 18.0 Å². The summed E-state index contributed by atoms with van der Waals surface area (Å²) in [5.74, 6) is -0.487. The molecule has 4 aromatic carbocycles. The van der Waals surface area contributed by atoms with E-state index in [0.717, 1.165) is 15.4 Å². The Balaban J connectivity index is 1.83. The van der Waals surface area contributed by atoms with Crippen molar-refractivity contribution in [3.63, 3.8) is 0 Å². The van der Waals surface area contributed by atoms with Crippen LogP contribution in [0.1, 0.15) is 37.0 Å². The summed E-state index contributed by atoms with van der Waals surface area (Å²) in [4.78, 5) is 30.0. The SMILES string of the molecule is CCC(C)NC(=O)C(Cc1ccccc1)N(Cc1ccc(Cl)c(Cl)c1)C(=O)CN(c1ccc(C)cc1)S(=O)(=O)c1ccc(OC)c(Br)c1. The van der Waals surface area contributed by atoms with Crippen LogP contribution in [-0.2, 0) is 32.6 Å². The number of halogens is 3. The second-order valence-electron chi connectivity index (χ2n) is 11.4. The molecule has 2 unspecified atom stereocenters. The molecule has 0 saturated heterocycles. The van der Waals surface area contributed by atoms with Gasteiger partial charge in [0, 0.05) is 19.0 Å². The second-order valence-corrected chi connectivity index (χ2v) is 15.0. The molecule has 48 heavy (non-hydrogen) atoms. The fourth-order valence-corrected chi connectivity index (χ4v) is 7.46. The molecule has 0 heterocycles. The highest BCUT2D eigenvalue weighted by atomic mass is 79.9. The van der Waals surface area contributed by atoms with Crippen molar-refractivity contribution in [2.45, 2.75) is 57.1 Å². The molecule has 0 aromatic heterocycles. The number of methoxy groups -OCH3 is 1. The Morgan fingerprint density at radius 3 is 2.21 bits per heavy atom. The predicted molar refractivity (Wildman–Crippen MR) is 195 cm³/mol. The van der Waals surface area contributed by atoms with Crippen LogP contribution in [0.25, 0.3) is 0 Å². The van der Waals surface area contributed by atoms with Gasteiger partial charge < -0.3 is 15.0 Å². The third-order valence-corrected chi connectivity index (χ3v) is 11.0. The Hall–Kier alpha value is -3.57. The maximum absolute atomic E-state index is 14.6. The number of benzene rings is 4. The van der Waals surface area contributed by atoms with Gasteiger partial charge in [-0.25, -0.2) is 8.42 Å². The van der Waals surface area contributed by atoms with Gasteiger partial charge in [-0.3, -0.25) is 13.9 Å². The number of rotatable bonds is 14. The molecule has 0 spiro atoms. The molecule has 4 rings (SSSR count). The maximum Gasteiger partial charge on any atom is 0.264 e. The average Bonchev–Trinajstić information content (AvgIpc) is 3.07. The molecule has 1 N–H and O–H groups in total. The van der Waals surface area contributed by atoms with Crippen LogP contribution in [0, 0.1) is 6.92 Å². The molecule has 0 radical (unpaired) electrons. The van der Waals surface area contributed by atoms with Gasteiger partial charge >= 0.3 is 0 Å². The Morgan fingerprint density at radius 1 is 0.917 bits per heavy atom. The van der Waals surface area contributed by atoms with Crippen molar-refractivity contribution in [3.05, 3.63) is 122 Å². The zero-order valence-corrected chi connectivity index (χ0v) is 31.0. The maximum atomic E-state index is 14.6. The average molecular weight is 776 g/mol. The van der Waals surface area contributed by atoms with E-state index in [1.54, 1.807) is 42.5 Å². The predicted octanol–water partition coefficient (Wildman–Crippen LogP) is 7.82. The summed E-state index contributed by atoms with van der Waals surface area (Å²) in [7, 11) is -2.81. The Labute approximate surface area is 301 Å². The molecular weight excluding hydrogens is 737 g/mol. The van der Waals surface area contributed by atoms with E-state index in [-0.39, 0.29) is 29.8 Å². The van der Waals surface area contributed by atoms with Crippen LogP contribution in [0.3, 0.4) is 0 Å². The number of nitrogens with one attached hydrogen (secondary N) is 1. The standard InChI is InChI=1S/C36H38BrCl2N3O5S/c1-5-25(3)40-36(44)33(20-26-9-7-6-8-10-26)41(22-27-13-17-31(38)32(39)19-27)35(43)23-42(28-14-11-24(2)12-15-28)48(45,46)29-16-18-34(47-4)30(37)21-29/h6-19,21,25,33H,5,20,22-23H2,1-4H3,(H,40,44). The van der Waals surface area contributed by atoms with Crippen molar-refractivity contribution < 1.29 is 22.7 Å². The molecule has 2 atom stereocenters. The van der Waals surface area contributed by atoms with Crippen LogP contribution < -0.4 is 14.4 Å². The Kier molecular flexibility index (Phi) is 13.0. The topological polar surface area (TPSA) is 96.0 Å². The van der Waals surface area contributed by atoms with Gasteiger partial charge in [-0.1, -0.05) is 84.2 Å². The van der Waals surface area contributed by atoms with Gasteiger partial charge in [-0.15, -0.1) is 0 Å². The normalized spacial score (nSPS) is 12.6. The first-order valence-corrected chi connectivity index (χ1v) is 18.3. The molecule has 254 valence electrons. The number of carbonyl (C=O) groups is 2. The fraction of sp³-hybridized carbons (Fsp3) is 0.278. The molecule has 8 nitrogen and oxygen atoms in total. The van der Waals surface area contributed by atoms with E-state index in [0.29, 0.717) is 37.9 Å². The molecule has 4 aromatic rings. The lowest BCUT2D eigenvalue weighted by atomic mass is 10.0. The summed E-state index contributed by atoms with van der Waals surface area (Å²) in [6, 6.07) is 24.5. The summed E-state index contributed by atoms with van der Waals surface area (Å²) in [6.45, 7) is 5.12. The van der Waals surface area contributed by atoms with Crippen LogP contribution >= 0.6 is 39.1 Å². The number of hydrogen-bond donors (Lipinski definition) is 1. The van der Waals surface area contributed by atoms with Crippen LogP contribution in [0.4, 0.5) is 5.69 Å². The lowest BCUT2D eigenvalue weighted by Gasteiger charge is -2.34. The third-order valence-electron chi connectivity index (χ3n) is 7.92. The summed E-state index contributed by atoms with van der Waals surface area (Å²) < 4.78 is 35.5. The van der Waals surface area contributed by atoms with Crippen molar-refractivity contribution in [1.82, 2.24) is 10.2 Å². The van der Waals surface area contributed by atoms with E-state index in [4.69, 9.17) is 27.9 Å². The summed E-state index contributed by atoms with van der Waals surface area (Å²) >= 11 is 15.9. The van der Waals surface area contributed by atoms with E-state index in [9.17, 15) is 18.0 Å². The lowest BCUT2D eigenvalue weighted by Crippen LogP contribution is -2.54. The number of amides is 2. The molecule has 0 aliphatic rings. The molecule has 0 saturated carbocycles. The van der Waals surface area contributed by atoms with E-state index in [1.165, 1.54) is 30.2 Å². The van der Waals surface area contributed by atoms with Gasteiger partial charge in [0.15, 0.2) is 0 Å². The van der Waals surface area contributed by atoms with Crippen molar-refractivity contribution in [1.29, 1.82) is 0 Å². The number of aryl methyl sites for hydroxylation is 1. The summed E-state index contributed by atoms with van der Waals surface area (Å²) in [5.41, 5.74) is 2.66. The van der Waals surface area contributed by atoms with Gasteiger partial charge in [0.2, 0.25) is 11.8 Å². The number of hydrogen-bond acceptors (Lipinski definition) is 5. The monoisotopic (exact) mass is 773 g/mol. The lowest BCUT2D eigenvalue weighted by molar-refractivity contribution is -0.140. The van der Waals surface area contributed by atoms with Gasteiger partial charge in [-0.05, 0) is 89.8 Å². The first kappa shape index (κ1) is 37.3. The second kappa shape index (κ2) is 16.7. The number of ether oxygens (including phenoxy) is 1. The van der Waals surface area contributed by atoms with Gasteiger partial charge in [-0.2, -0.15) is 0 Å². The van der Waals surface area contributed by atoms with E-state index in [2.05, 4.69) is 21.2 Å². The van der Waals surface area contributed by atoms with Gasteiger partial charge in [0.25, 0.3) is 10.0 Å². The van der Waals surface area contributed by atoms with E-state index in [1.807, 2.05) is 51.1 Å². The number of anilines is 1. The molecule has 0 aliphatic heterocycles. The highest BCUT2D eigenvalue weighted by molar-refractivity contribution is 9.10. The number of carbonyl (C=O) groups excluding carboxylic acids is 2. The first-order valence-electron chi connectivity index (χ1n) is 15.3. The Bertz CT molecular complexity index is 1840. The molecular formula is C36H38BrCl2N3O5S. The number of sulfonamides is 1. The zero-order chi connectivity index (χ0) is 35.0. The fourth-order valence-electron chi connectivity index (χ4n) is 5.00. The highest BCUT2D eigenvalue weighted by Crippen LogP contribution is 2.31. The van der Waals surface area contributed by atoms with E-state index < -0.39 is 28.5 Å². The summed E-state index contributed by atoms with van der Waals surface area (Å²) in [5, 5.41) is 3.66. The van der Waals surface area contributed by atoms with E-state index >= 15 is 0 Å². The minimum Gasteiger partial charge on any atom is -0.496 e. The summed E-state index contributed by atoms with van der Waals surface area (Å²) in [6.07, 6.45) is 0.875. The van der Waals surface area contributed by atoms with Gasteiger partial charge in [0.1, 0.15) is 18.3 Å². The smallest absolute Gasteiger partial charge is 0.264 e. The first-order chi connectivity index (χ1) is 22.8. The minimum atomic E-state index is -4.29. The molecule has 12 heteroatoms. The van der Waals surface area contributed by atoms with Gasteiger partial charge in [0.05, 0.1) is 32.2 Å². The molecule has 0 fully saturated rings. The molecule has 2 amide bonds. The Morgan fingerprint density at radius 2 is 1.60 bits per heavy atom. The molecule has 0 aliphatic carbocycles. The van der Waals surface area contributed by atoms with Crippen LogP contribution in [0.5, 0.6) is 5.75 Å². The van der Waals surface area contributed by atoms with Crippen LogP contribution in [0.15, 0.2) is 100 Å². The number of nitrogens with zero attached hydrogens (tertiary/aromatic N) is 2. The molecule has 0 bridgehead atoms. The highest BCUT2D eigenvalue weighted by Gasteiger charge is 2.35. The van der Waals surface area contributed by atoms with Crippen molar-refractivity contribution in [3.8, 4) is 5.75 Å². The zero-order valence-electron chi connectivity index (χ0n) is 27.1. The van der Waals surface area contributed by atoms with Crippen molar-refractivity contribution in [2.24, 2.45) is 0 Å². The largest absolute Gasteiger partial charge is 0.496 e. The van der Waals surface area contributed by atoms with Crippen LogP contribution in [0.2, 0.25) is 10.0 Å². The third kappa shape index (κ3) is 9.31. The quantitative estimate of drug-likeness (QED) is 0.141.